The third-order valence-electron chi connectivity index (χ3n) is 7.01. The second-order valence-electron chi connectivity index (χ2n) is 10.2. The van der Waals surface area contributed by atoms with Crippen LogP contribution in [0.3, 0.4) is 0 Å². The van der Waals surface area contributed by atoms with E-state index in [-0.39, 0.29) is 35.5 Å². The summed E-state index contributed by atoms with van der Waals surface area (Å²) < 4.78 is 51.7. The Kier molecular flexibility index (Phi) is 6.78. The van der Waals surface area contributed by atoms with Gasteiger partial charge in [0.1, 0.15) is 0 Å². The number of nitrogens with zero attached hydrogens (tertiary/aromatic N) is 4. The molecule has 1 unspecified atom stereocenters. The Balaban J connectivity index is 1.33. The van der Waals surface area contributed by atoms with Crippen LogP contribution < -0.4 is 10.6 Å². The van der Waals surface area contributed by atoms with Gasteiger partial charge in [0.05, 0.1) is 29.1 Å². The predicted molar refractivity (Wildman–Crippen MR) is 145 cm³/mol. The maximum Gasteiger partial charge on any atom is 0.417 e. The number of ketones is 1. The second kappa shape index (κ2) is 10.4. The largest absolute Gasteiger partial charge is 0.417 e. The lowest BCUT2D eigenvalue weighted by Crippen LogP contribution is -2.35. The van der Waals surface area contributed by atoms with Crippen LogP contribution in [-0.2, 0) is 22.1 Å². The number of halogens is 3. The predicted octanol–water partition coefficient (Wildman–Crippen LogP) is 5.14. The van der Waals surface area contributed by atoms with E-state index in [1.54, 1.807) is 0 Å². The van der Waals surface area contributed by atoms with Crippen LogP contribution in [0.5, 0.6) is 0 Å². The van der Waals surface area contributed by atoms with E-state index in [1.165, 1.54) is 0 Å². The van der Waals surface area contributed by atoms with Gasteiger partial charge in [-0.25, -0.2) is 4.98 Å². The molecule has 0 bridgehead atoms. The van der Waals surface area contributed by atoms with Crippen molar-refractivity contribution in [3.05, 3.63) is 89.1 Å². The van der Waals surface area contributed by atoms with Gasteiger partial charge in [-0.1, -0.05) is 59.7 Å². The Bertz CT molecular complexity index is 1610. The maximum atomic E-state index is 13.5. The van der Waals surface area contributed by atoms with Crippen molar-refractivity contribution in [3.63, 3.8) is 0 Å². The van der Waals surface area contributed by atoms with Crippen LogP contribution in [0.1, 0.15) is 35.6 Å². The summed E-state index contributed by atoms with van der Waals surface area (Å²) in [4.78, 5) is 22.0. The van der Waals surface area contributed by atoms with Crippen LogP contribution in [0.2, 0.25) is 0 Å². The van der Waals surface area contributed by atoms with Crippen molar-refractivity contribution in [1.29, 1.82) is 0 Å². The number of fused-ring (bicyclic) bond motifs is 1. The number of pyridine rings is 1. The van der Waals surface area contributed by atoms with Crippen LogP contribution in [0, 0.1) is 0 Å². The molecule has 0 radical (unpaired) electrons. The molecular formula is C29H25F3N6O3. The lowest BCUT2D eigenvalue weighted by molar-refractivity contribution is -0.137. The number of hydrogen-bond acceptors (Lipinski definition) is 9. The van der Waals surface area contributed by atoms with Crippen LogP contribution in [0.25, 0.3) is 11.6 Å². The number of carbonyl (C=O) groups is 1. The molecule has 210 valence electrons. The molecule has 0 saturated carbocycles. The molecule has 4 aromatic rings. The minimum Gasteiger partial charge on any atom is -0.402 e. The van der Waals surface area contributed by atoms with E-state index in [9.17, 15) is 18.0 Å². The monoisotopic (exact) mass is 562 g/mol. The first kappa shape index (κ1) is 26.6. The van der Waals surface area contributed by atoms with E-state index in [2.05, 4.69) is 25.8 Å². The van der Waals surface area contributed by atoms with Crippen LogP contribution in [-0.4, -0.2) is 51.6 Å². The molecule has 0 aliphatic carbocycles. The summed E-state index contributed by atoms with van der Waals surface area (Å²) in [5.41, 5.74) is 1.74. The number of carbonyl (C=O) groups excluding carboxylic acids is 1. The Morgan fingerprint density at radius 3 is 2.59 bits per heavy atom. The molecule has 9 nitrogen and oxygen atoms in total. The smallest absolute Gasteiger partial charge is 0.402 e. The van der Waals surface area contributed by atoms with E-state index >= 15 is 0 Å². The number of rotatable bonds is 6. The number of aliphatic imine (C=N–C) groups is 1. The molecule has 12 heteroatoms. The average Bonchev–Trinajstić information content (AvgIpc) is 3.57. The lowest BCUT2D eigenvalue weighted by atomic mass is 9.96. The summed E-state index contributed by atoms with van der Waals surface area (Å²) in [6, 6.07) is 17.9. The first-order valence-corrected chi connectivity index (χ1v) is 13.0. The number of anilines is 2. The molecule has 1 fully saturated rings. The first-order chi connectivity index (χ1) is 19.7. The molecule has 2 aromatic heterocycles. The minimum absolute atomic E-state index is 0.0414. The van der Waals surface area contributed by atoms with Crippen LogP contribution in [0.4, 0.5) is 24.9 Å². The zero-order valence-corrected chi connectivity index (χ0v) is 21.9. The molecule has 4 heterocycles. The average molecular weight is 563 g/mol. The number of nitrogens with one attached hydrogen (secondary N) is 2. The summed E-state index contributed by atoms with van der Waals surface area (Å²) in [7, 11) is 0. The highest BCUT2D eigenvalue weighted by Gasteiger charge is 2.35. The highest BCUT2D eigenvalue weighted by molar-refractivity contribution is 6.16. The van der Waals surface area contributed by atoms with Crippen molar-refractivity contribution in [3.8, 4) is 11.6 Å². The molecule has 0 spiro atoms. The lowest BCUT2D eigenvalue weighted by Gasteiger charge is -2.26. The zero-order valence-electron chi connectivity index (χ0n) is 21.9. The van der Waals surface area contributed by atoms with Gasteiger partial charge >= 0.3 is 12.2 Å². The van der Waals surface area contributed by atoms with Crippen LogP contribution in [0.15, 0.2) is 76.3 Å². The molecule has 2 aromatic carbocycles. The number of Topliss-reactive ketones (excluding diaryl/α,β-unsaturated/α-hetero) is 1. The fraction of sp³-hybridized carbons (Fsp3) is 0.276. The normalized spacial score (nSPS) is 20.7. The SMILES string of the molecule is CC1(Nc2cc(C(F)(F)F)cnc2-c2nnc(N[C@H]3N=C(c4ccccc4)c4ccccc4CC3=O)o2)CCOC1. The van der Waals surface area contributed by atoms with Gasteiger partial charge in [-0.3, -0.25) is 9.79 Å². The van der Waals surface area contributed by atoms with E-state index in [4.69, 9.17) is 14.1 Å². The summed E-state index contributed by atoms with van der Waals surface area (Å²) in [6.07, 6.45) is -4.20. The molecule has 2 atom stereocenters. The highest BCUT2D eigenvalue weighted by atomic mass is 19.4. The van der Waals surface area contributed by atoms with E-state index in [0.717, 1.165) is 22.8 Å². The van der Waals surface area contributed by atoms with Crippen molar-refractivity contribution in [2.75, 3.05) is 23.8 Å². The molecule has 2 N–H and O–H groups in total. The topological polar surface area (TPSA) is 115 Å². The summed E-state index contributed by atoms with van der Waals surface area (Å²) in [5, 5.41) is 14.0. The summed E-state index contributed by atoms with van der Waals surface area (Å²) in [6.45, 7) is 2.64. The van der Waals surface area contributed by atoms with E-state index < -0.39 is 23.4 Å². The number of alkyl halides is 3. The number of ether oxygens (including phenoxy) is 1. The van der Waals surface area contributed by atoms with Gasteiger partial charge in [-0.05, 0) is 25.0 Å². The molecule has 0 amide bonds. The van der Waals surface area contributed by atoms with Crippen molar-refractivity contribution in [2.45, 2.75) is 37.6 Å². The maximum absolute atomic E-state index is 13.5. The van der Waals surface area contributed by atoms with Crippen molar-refractivity contribution in [2.24, 2.45) is 4.99 Å². The Hall–Kier alpha value is -4.58. The van der Waals surface area contributed by atoms with Gasteiger partial charge in [-0.15, -0.1) is 5.10 Å². The zero-order chi connectivity index (χ0) is 28.6. The third kappa shape index (κ3) is 5.55. The summed E-state index contributed by atoms with van der Waals surface area (Å²) >= 11 is 0. The molecule has 6 rings (SSSR count). The van der Waals surface area contributed by atoms with Gasteiger partial charge in [0.15, 0.2) is 17.6 Å². The molecular weight excluding hydrogens is 537 g/mol. The molecule has 41 heavy (non-hydrogen) atoms. The Morgan fingerprint density at radius 2 is 1.83 bits per heavy atom. The molecule has 2 aliphatic rings. The first-order valence-electron chi connectivity index (χ1n) is 13.0. The van der Waals surface area contributed by atoms with Gasteiger partial charge in [0.2, 0.25) is 0 Å². The van der Waals surface area contributed by atoms with Crippen molar-refractivity contribution < 1.29 is 27.1 Å². The fourth-order valence-corrected chi connectivity index (χ4v) is 4.87. The quantitative estimate of drug-likeness (QED) is 0.332. The minimum atomic E-state index is -4.59. The third-order valence-corrected chi connectivity index (χ3v) is 7.01. The molecule has 2 aliphatic heterocycles. The van der Waals surface area contributed by atoms with Gasteiger partial charge in [0.25, 0.3) is 5.89 Å². The van der Waals surface area contributed by atoms with E-state index in [1.807, 2.05) is 61.5 Å². The molecule has 1 saturated heterocycles. The van der Waals surface area contributed by atoms with Crippen LogP contribution >= 0.6 is 0 Å². The van der Waals surface area contributed by atoms with Gasteiger partial charge in [0, 0.05) is 30.4 Å². The van der Waals surface area contributed by atoms with Crippen molar-refractivity contribution >= 4 is 23.2 Å². The number of hydrogen-bond donors (Lipinski definition) is 2. The fourth-order valence-electron chi connectivity index (χ4n) is 4.87. The number of benzene rings is 2. The van der Waals surface area contributed by atoms with Crippen molar-refractivity contribution in [1.82, 2.24) is 15.2 Å². The standard InChI is InChI=1S/C29H25F3N6O3/c1-28(11-12-40-16-28)36-21-14-19(29(30,31)32)15-33-24(21)26-37-38-27(41-26)35-25-22(39)13-18-9-5-6-10-20(18)23(34-25)17-7-3-2-4-8-17/h2-10,14-15,25,36H,11-13,16H2,1H3,(H,35,38)/t25-,28?/m1/s1. The second-order valence-corrected chi connectivity index (χ2v) is 10.2. The van der Waals surface area contributed by atoms with Gasteiger partial charge in [-0.2, -0.15) is 13.2 Å². The van der Waals surface area contributed by atoms with E-state index in [0.29, 0.717) is 31.5 Å². The Labute approximate surface area is 232 Å². The van der Waals surface area contributed by atoms with Gasteiger partial charge < -0.3 is 19.8 Å². The summed E-state index contributed by atoms with van der Waals surface area (Å²) in [5.74, 6) is -0.338. The number of aromatic nitrogens is 3. The highest BCUT2D eigenvalue weighted by Crippen LogP contribution is 2.36. The Morgan fingerprint density at radius 1 is 1.05 bits per heavy atom.